The third kappa shape index (κ3) is 17.6. The third-order valence-electron chi connectivity index (χ3n) is 22.2. The Labute approximate surface area is 717 Å². The Morgan fingerprint density at radius 3 is 1.28 bits per heavy atom. The van der Waals surface area contributed by atoms with Crippen LogP contribution in [0.1, 0.15) is 100 Å². The molecule has 125 heavy (non-hydrogen) atoms. The van der Waals surface area contributed by atoms with E-state index in [9.17, 15) is 19.2 Å². The van der Waals surface area contributed by atoms with E-state index in [1.54, 1.807) is 39.5 Å². The fraction of sp³-hybridized carbons (Fsp3) is 0.267. The number of pyridine rings is 4. The molecule has 14 heterocycles. The quantitative estimate of drug-likeness (QED) is 0.0318. The molecular weight excluding hydrogens is 1580 g/mol. The Bertz CT molecular complexity index is 6900. The van der Waals surface area contributed by atoms with Crippen LogP contribution in [-0.4, -0.2) is 205 Å². The summed E-state index contributed by atoms with van der Waals surface area (Å²) in [6, 6.07) is 43.3. The predicted octanol–water partition coefficient (Wildman–Crippen LogP) is 13.4. The number of carbonyl (C=O) groups is 4. The van der Waals surface area contributed by atoms with E-state index < -0.39 is 0 Å². The number of hydrogen-bond acceptors (Lipinski definition) is 21. The van der Waals surface area contributed by atoms with Gasteiger partial charge in [-0.05, 0) is 132 Å². The smallest absolute Gasteiger partial charge is 0.320 e. The number of nitrogens with one attached hydrogen (secondary N) is 7. The summed E-state index contributed by atoms with van der Waals surface area (Å²) in [5.41, 5.74) is 44.4. The zero-order valence-electron chi connectivity index (χ0n) is 70.0. The summed E-state index contributed by atoms with van der Waals surface area (Å²) < 4.78 is 9.30. The summed E-state index contributed by atoms with van der Waals surface area (Å²) in [6.45, 7) is 20.8. The van der Waals surface area contributed by atoms with E-state index in [1.165, 1.54) is 0 Å². The number of aromatic nitrogens is 21. The number of imidazole rings is 4. The van der Waals surface area contributed by atoms with Gasteiger partial charge in [0.2, 0.25) is 11.8 Å². The van der Waals surface area contributed by atoms with Crippen molar-refractivity contribution < 1.29 is 23.9 Å². The van der Waals surface area contributed by atoms with Crippen molar-refractivity contribution in [1.29, 1.82) is 0 Å². The van der Waals surface area contributed by atoms with Gasteiger partial charge in [0.15, 0.2) is 5.82 Å². The lowest BCUT2D eigenvalue weighted by molar-refractivity contribution is -0.132. The largest absolute Gasteiger partial charge is 0.382 e. The van der Waals surface area contributed by atoms with Crippen molar-refractivity contribution in [1.82, 2.24) is 129 Å². The monoisotopic (exact) mass is 1680 g/mol. The highest BCUT2D eigenvalue weighted by molar-refractivity contribution is 6.11. The minimum Gasteiger partial charge on any atom is -0.382 e. The van der Waals surface area contributed by atoms with Gasteiger partial charge in [-0.3, -0.25) is 34.8 Å². The lowest BCUT2D eigenvalue weighted by Crippen LogP contribution is -2.47. The van der Waals surface area contributed by atoms with Crippen LogP contribution in [0, 0.1) is 6.92 Å². The molecule has 0 aliphatic carbocycles. The summed E-state index contributed by atoms with van der Waals surface area (Å²) in [4.78, 5) is 107. The molecule has 15 N–H and O–H groups in total. The van der Waals surface area contributed by atoms with Crippen molar-refractivity contribution in [2.45, 2.75) is 101 Å². The summed E-state index contributed by atoms with van der Waals surface area (Å²) in [5, 5.41) is 31.6. The minimum absolute atomic E-state index is 0. The number of urea groups is 1. The van der Waals surface area contributed by atoms with Gasteiger partial charge in [-0.15, -0.1) is 0 Å². The van der Waals surface area contributed by atoms with E-state index in [4.69, 9.17) is 47.6 Å². The van der Waals surface area contributed by atoms with Gasteiger partial charge in [0.25, 0.3) is 5.91 Å². The second-order valence-electron chi connectivity index (χ2n) is 30.0. The molecule has 5 aromatic carbocycles. The standard InChI is InChI=1S/C25H25N7O.C22H22N8O.C21H24N8O2.C21H25N7O.CH4/c1-3-32(22(33)12-16-6-4-5-15(2)11-16)14-21-29-23-18-8-7-17(19-9-10-27-31-19)13-20(18)28-25(26)24(23)30-21;1-3-30(22(31)17-5-4-10-29(17)2)12-18-26-19-14-7-6-13(15-8-9-24-28-15)11-16(14)25-21(23)20(19)27-18;1-2-28(21(30)29-7-9-31-10-8-29)12-17-25-18-14-4-3-13(15-5-6-23-27-15)11-16(14)24-20(22)19(18)26-17;1-4-18(29)27(5-2)12-17-25-19-20(28(17)6-3)14-8-7-13(15-9-10-23-26-15)11-16(14)24-21(19)22;/h4-11,13H,3,12,14H2,1-2H3,(H2,26,28)(H,27,31)(H,29,30);4-11H,3,12H2,1-2H3,(H2,23,25)(H,24,28)(H,26,27);3-6,11H,2,7-10,12H2,1H3,(H2,22,24)(H,23,27)(H,25,26);7-11H,4-6,12H2,1-3H3,(H2,22,24)(H,23,26);1H4. The van der Waals surface area contributed by atoms with Crippen LogP contribution in [0.15, 0.2) is 164 Å². The first-order chi connectivity index (χ1) is 60.3. The van der Waals surface area contributed by atoms with Crippen molar-refractivity contribution in [3.63, 3.8) is 0 Å². The van der Waals surface area contributed by atoms with Crippen molar-refractivity contribution in [2.75, 3.05) is 75.4 Å². The molecule has 0 spiro atoms. The van der Waals surface area contributed by atoms with Crippen LogP contribution in [0.2, 0.25) is 0 Å². The van der Waals surface area contributed by atoms with Crippen molar-refractivity contribution in [3.8, 4) is 45.0 Å². The van der Waals surface area contributed by atoms with Crippen LogP contribution in [0.4, 0.5) is 28.1 Å². The number of hydrogen-bond donors (Lipinski definition) is 11. The fourth-order valence-electron chi connectivity index (χ4n) is 15.7. The number of nitrogens with two attached hydrogens (primary N) is 4. The normalized spacial score (nSPS) is 12.0. The molecule has 35 heteroatoms. The van der Waals surface area contributed by atoms with Crippen LogP contribution in [0.5, 0.6) is 0 Å². The lowest BCUT2D eigenvalue weighted by atomic mass is 10.1. The molecule has 1 aliphatic heterocycles. The first-order valence-corrected chi connectivity index (χ1v) is 41.2. The first-order valence-electron chi connectivity index (χ1n) is 41.2. The van der Waals surface area contributed by atoms with Crippen LogP contribution >= 0.6 is 0 Å². The third-order valence-corrected chi connectivity index (χ3v) is 22.2. The number of aromatic amines is 7. The summed E-state index contributed by atoms with van der Waals surface area (Å²) in [5.74, 6) is 4.51. The molecule has 1 aliphatic rings. The number of benzene rings is 5. The highest BCUT2D eigenvalue weighted by atomic mass is 16.5. The van der Waals surface area contributed by atoms with Gasteiger partial charge in [0.1, 0.15) is 85.1 Å². The number of ether oxygens (including phenoxy) is 1. The number of nitrogens with zero attached hydrogens (tertiary/aromatic N) is 19. The average molecular weight is 1680 g/mol. The molecule has 0 bridgehead atoms. The Morgan fingerprint density at radius 2 is 0.872 bits per heavy atom. The maximum absolute atomic E-state index is 12.9. The van der Waals surface area contributed by atoms with E-state index in [0.29, 0.717) is 160 Å². The van der Waals surface area contributed by atoms with Crippen LogP contribution in [-0.2, 0) is 60.5 Å². The van der Waals surface area contributed by atoms with Gasteiger partial charge in [-0.2, -0.15) is 20.4 Å². The number of morpholine rings is 1. The molecule has 1 fully saturated rings. The van der Waals surface area contributed by atoms with Gasteiger partial charge in [-0.1, -0.05) is 68.4 Å². The van der Waals surface area contributed by atoms with Crippen molar-refractivity contribution in [3.05, 3.63) is 205 Å². The number of carbonyl (C=O) groups excluding carboxylic acids is 4. The minimum atomic E-state index is -0.0457. The van der Waals surface area contributed by atoms with Crippen LogP contribution < -0.4 is 22.9 Å². The van der Waals surface area contributed by atoms with E-state index in [0.717, 1.165) is 134 Å². The number of H-pyrrole nitrogens is 7. The molecule has 0 saturated carbocycles. The van der Waals surface area contributed by atoms with Gasteiger partial charge in [0.05, 0.1) is 96.2 Å². The number of rotatable bonds is 21. The van der Waals surface area contributed by atoms with Gasteiger partial charge in [-0.25, -0.2) is 44.7 Å². The summed E-state index contributed by atoms with van der Waals surface area (Å²) in [7, 11) is 1.86. The number of anilines is 4. The molecule has 18 aromatic rings. The SMILES string of the molecule is C.CCC(=O)N(CC)Cc1nc2c(N)nc3cc(-c4ccn[nH]4)ccc3c2n1CC.CCN(Cc1nc2c([nH]1)c(N)nc1cc(-c3ccn[nH]3)ccc12)C(=O)Cc1cccc(C)c1.CCN(Cc1nc2c([nH]1)c(N)nc1cc(-c3ccn[nH]3)ccc12)C(=O)N1CCOCC1.CCN(Cc1nc2c([nH]1)c(N)nc1cc(-c3ccn[nH]3)ccc12)C(=O)c1cccn1C. The van der Waals surface area contributed by atoms with E-state index in [-0.39, 0.29) is 31.2 Å². The molecule has 0 unspecified atom stereocenters. The van der Waals surface area contributed by atoms with Crippen LogP contribution in [0.3, 0.4) is 0 Å². The van der Waals surface area contributed by atoms with Gasteiger partial charge >= 0.3 is 6.03 Å². The summed E-state index contributed by atoms with van der Waals surface area (Å²) >= 11 is 0. The highest BCUT2D eigenvalue weighted by Gasteiger charge is 2.27. The highest BCUT2D eigenvalue weighted by Crippen LogP contribution is 2.36. The zero-order chi connectivity index (χ0) is 86.4. The Morgan fingerprint density at radius 1 is 0.448 bits per heavy atom. The molecular formula is C90H100N30O5. The molecule has 13 aromatic heterocycles. The fourth-order valence-corrected chi connectivity index (χ4v) is 15.7. The maximum atomic E-state index is 12.9. The van der Waals surface area contributed by atoms with Crippen molar-refractivity contribution >= 4 is 135 Å². The number of aryl methyl sites for hydroxylation is 3. The number of nitrogen functional groups attached to an aromatic ring is 4. The molecule has 640 valence electrons. The Balaban J connectivity index is 0.000000129. The number of amides is 5. The van der Waals surface area contributed by atoms with Gasteiger partial charge in [0, 0.05) is 134 Å². The Kier molecular flexibility index (Phi) is 25.0. The zero-order valence-corrected chi connectivity index (χ0v) is 70.0. The molecule has 0 atom stereocenters. The maximum Gasteiger partial charge on any atom is 0.320 e. The number of fused-ring (bicyclic) bond motifs is 12. The van der Waals surface area contributed by atoms with E-state index >= 15 is 0 Å². The van der Waals surface area contributed by atoms with Crippen molar-refractivity contribution in [2.24, 2.45) is 7.05 Å². The Hall–Kier alpha value is -15.4. The average Bonchev–Trinajstić information content (AvgIpc) is 1.62. The molecule has 0 radical (unpaired) electrons. The second kappa shape index (κ2) is 36.9. The second-order valence-corrected chi connectivity index (χ2v) is 30.0. The van der Waals surface area contributed by atoms with Crippen LogP contribution in [0.25, 0.3) is 133 Å². The molecule has 35 nitrogen and oxygen atoms in total. The van der Waals surface area contributed by atoms with E-state index in [2.05, 4.69) is 87.2 Å². The summed E-state index contributed by atoms with van der Waals surface area (Å²) in [6.07, 6.45) is 9.55. The van der Waals surface area contributed by atoms with Gasteiger partial charge < -0.3 is 76.3 Å². The first kappa shape index (κ1) is 84.6. The molecule has 19 rings (SSSR count). The number of likely N-dealkylation sites (N-methyl/N-ethyl adjacent to an activating group) is 1. The van der Waals surface area contributed by atoms with E-state index in [1.807, 2.05) is 203 Å². The topological polar surface area (TPSA) is 473 Å². The molecule has 1 saturated heterocycles. The lowest BCUT2D eigenvalue weighted by Gasteiger charge is -2.32. The predicted molar refractivity (Wildman–Crippen MR) is 487 cm³/mol. The molecule has 5 amide bonds.